The van der Waals surface area contributed by atoms with Crippen LogP contribution in [0.4, 0.5) is 5.69 Å². The molecule has 148 valence electrons. The fourth-order valence-corrected chi connectivity index (χ4v) is 3.73. The van der Waals surface area contributed by atoms with E-state index in [1.165, 1.54) is 0 Å². The van der Waals surface area contributed by atoms with Crippen LogP contribution < -0.4 is 10.1 Å². The lowest BCUT2D eigenvalue weighted by Gasteiger charge is -2.37. The SMILES string of the molecule is COc1ccccc1NC(=O)C(C)N1CCC(C(=O)N2CCOCC2)CC1. The van der Waals surface area contributed by atoms with Crippen LogP contribution in [-0.2, 0) is 14.3 Å². The summed E-state index contributed by atoms with van der Waals surface area (Å²) >= 11 is 0. The highest BCUT2D eigenvalue weighted by molar-refractivity contribution is 5.95. The highest BCUT2D eigenvalue weighted by Gasteiger charge is 2.32. The van der Waals surface area contributed by atoms with Crippen molar-refractivity contribution < 1.29 is 19.1 Å². The molecule has 0 bridgehead atoms. The minimum Gasteiger partial charge on any atom is -0.495 e. The number of ether oxygens (including phenoxy) is 2. The van der Waals surface area contributed by atoms with Crippen LogP contribution in [-0.4, -0.2) is 74.2 Å². The summed E-state index contributed by atoms with van der Waals surface area (Å²) in [4.78, 5) is 29.3. The largest absolute Gasteiger partial charge is 0.495 e. The van der Waals surface area contributed by atoms with Gasteiger partial charge in [0.1, 0.15) is 5.75 Å². The Labute approximate surface area is 160 Å². The Bertz CT molecular complexity index is 652. The lowest BCUT2D eigenvalue weighted by atomic mass is 9.94. The van der Waals surface area contributed by atoms with Crippen molar-refractivity contribution in [3.8, 4) is 5.75 Å². The number of hydrogen-bond donors (Lipinski definition) is 1. The molecule has 0 aromatic heterocycles. The van der Waals surface area contributed by atoms with Gasteiger partial charge in [-0.05, 0) is 45.0 Å². The number of amides is 2. The van der Waals surface area contributed by atoms with Crippen molar-refractivity contribution in [3.05, 3.63) is 24.3 Å². The molecule has 0 spiro atoms. The summed E-state index contributed by atoms with van der Waals surface area (Å²) in [5.41, 5.74) is 0.675. The van der Waals surface area contributed by atoms with Crippen molar-refractivity contribution in [1.29, 1.82) is 0 Å². The van der Waals surface area contributed by atoms with Crippen LogP contribution >= 0.6 is 0 Å². The third-order valence-electron chi connectivity index (χ3n) is 5.49. The van der Waals surface area contributed by atoms with Crippen LogP contribution in [0.5, 0.6) is 5.75 Å². The molecule has 7 heteroatoms. The second-order valence-electron chi connectivity index (χ2n) is 7.11. The Morgan fingerprint density at radius 1 is 1.15 bits per heavy atom. The van der Waals surface area contributed by atoms with Crippen molar-refractivity contribution in [1.82, 2.24) is 9.80 Å². The van der Waals surface area contributed by atoms with Crippen LogP contribution in [0.15, 0.2) is 24.3 Å². The summed E-state index contributed by atoms with van der Waals surface area (Å²) in [5.74, 6) is 0.887. The van der Waals surface area contributed by atoms with Crippen LogP contribution in [0.3, 0.4) is 0 Å². The number of methoxy groups -OCH3 is 1. The molecule has 2 heterocycles. The molecule has 1 N–H and O–H groups in total. The number of carbonyl (C=O) groups excluding carboxylic acids is 2. The number of piperidine rings is 1. The fourth-order valence-electron chi connectivity index (χ4n) is 3.73. The van der Waals surface area contributed by atoms with E-state index in [1.807, 2.05) is 36.1 Å². The van der Waals surface area contributed by atoms with Crippen LogP contribution in [0.1, 0.15) is 19.8 Å². The minimum absolute atomic E-state index is 0.0579. The molecular formula is C20H29N3O4. The zero-order chi connectivity index (χ0) is 19.2. The highest BCUT2D eigenvalue weighted by Crippen LogP contribution is 2.25. The van der Waals surface area contributed by atoms with Crippen molar-refractivity contribution in [2.75, 3.05) is 51.8 Å². The van der Waals surface area contributed by atoms with E-state index < -0.39 is 0 Å². The summed E-state index contributed by atoms with van der Waals surface area (Å²) in [5, 5.41) is 2.95. The quantitative estimate of drug-likeness (QED) is 0.846. The molecule has 1 atom stereocenters. The minimum atomic E-state index is -0.255. The van der Waals surface area contributed by atoms with E-state index in [0.717, 1.165) is 25.9 Å². The van der Waals surface area contributed by atoms with Gasteiger partial charge in [0.05, 0.1) is 32.1 Å². The lowest BCUT2D eigenvalue weighted by Crippen LogP contribution is -2.50. The maximum Gasteiger partial charge on any atom is 0.241 e. The first-order valence-electron chi connectivity index (χ1n) is 9.64. The number of hydrogen-bond acceptors (Lipinski definition) is 5. The van der Waals surface area contributed by atoms with E-state index in [4.69, 9.17) is 9.47 Å². The highest BCUT2D eigenvalue weighted by atomic mass is 16.5. The van der Waals surface area contributed by atoms with Crippen LogP contribution in [0, 0.1) is 5.92 Å². The van der Waals surface area contributed by atoms with Crippen molar-refractivity contribution in [2.45, 2.75) is 25.8 Å². The van der Waals surface area contributed by atoms with E-state index in [-0.39, 0.29) is 23.8 Å². The van der Waals surface area contributed by atoms with Crippen molar-refractivity contribution >= 4 is 17.5 Å². The number of anilines is 1. The number of likely N-dealkylation sites (tertiary alicyclic amines) is 1. The van der Waals surface area contributed by atoms with Gasteiger partial charge in [0.2, 0.25) is 11.8 Å². The predicted molar refractivity (Wildman–Crippen MR) is 103 cm³/mol. The van der Waals surface area contributed by atoms with Gasteiger partial charge in [-0.3, -0.25) is 14.5 Å². The summed E-state index contributed by atoms with van der Waals surface area (Å²) < 4.78 is 10.6. The van der Waals surface area contributed by atoms with Gasteiger partial charge in [-0.1, -0.05) is 12.1 Å². The Balaban J connectivity index is 1.51. The molecule has 2 saturated heterocycles. The lowest BCUT2D eigenvalue weighted by molar-refractivity contribution is -0.141. The molecule has 2 aliphatic heterocycles. The van der Waals surface area contributed by atoms with Crippen LogP contribution in [0.25, 0.3) is 0 Å². The Morgan fingerprint density at radius 3 is 2.48 bits per heavy atom. The first-order chi connectivity index (χ1) is 13.1. The molecule has 27 heavy (non-hydrogen) atoms. The molecule has 2 fully saturated rings. The second kappa shape index (κ2) is 9.19. The van der Waals surface area contributed by atoms with Gasteiger partial charge >= 0.3 is 0 Å². The molecular weight excluding hydrogens is 346 g/mol. The molecule has 1 aromatic rings. The normalized spacial score (nSPS) is 20.1. The third kappa shape index (κ3) is 4.78. The number of morpholine rings is 1. The van der Waals surface area contributed by atoms with E-state index in [9.17, 15) is 9.59 Å². The van der Waals surface area contributed by atoms with Gasteiger partial charge in [0, 0.05) is 19.0 Å². The first kappa shape index (κ1) is 19.6. The number of nitrogens with zero attached hydrogens (tertiary/aromatic N) is 2. The molecule has 3 rings (SSSR count). The molecule has 2 aliphatic rings. The van der Waals surface area contributed by atoms with Gasteiger partial charge in [0.25, 0.3) is 0 Å². The third-order valence-corrected chi connectivity index (χ3v) is 5.49. The molecule has 7 nitrogen and oxygen atoms in total. The van der Waals surface area contributed by atoms with Gasteiger partial charge < -0.3 is 19.7 Å². The Morgan fingerprint density at radius 2 is 1.81 bits per heavy atom. The number of benzene rings is 1. The van der Waals surface area contributed by atoms with E-state index >= 15 is 0 Å². The fraction of sp³-hybridized carbons (Fsp3) is 0.600. The summed E-state index contributed by atoms with van der Waals surface area (Å²) in [6, 6.07) is 7.13. The molecule has 0 saturated carbocycles. The van der Waals surface area contributed by atoms with Gasteiger partial charge in [0.15, 0.2) is 0 Å². The first-order valence-corrected chi connectivity index (χ1v) is 9.64. The average Bonchev–Trinajstić information content (AvgIpc) is 2.73. The average molecular weight is 375 g/mol. The summed E-state index contributed by atoms with van der Waals surface area (Å²) in [6.45, 7) is 6.06. The van der Waals surface area contributed by atoms with E-state index in [2.05, 4.69) is 10.2 Å². The molecule has 1 unspecified atom stereocenters. The molecule has 0 radical (unpaired) electrons. The predicted octanol–water partition coefficient (Wildman–Crippen LogP) is 1.59. The van der Waals surface area contributed by atoms with Crippen molar-refractivity contribution in [2.24, 2.45) is 5.92 Å². The number of para-hydroxylation sites is 2. The van der Waals surface area contributed by atoms with Crippen molar-refractivity contribution in [3.63, 3.8) is 0 Å². The molecule has 1 aromatic carbocycles. The maximum atomic E-state index is 12.6. The molecule has 0 aliphatic carbocycles. The summed E-state index contributed by atoms with van der Waals surface area (Å²) in [6.07, 6.45) is 1.59. The number of nitrogens with one attached hydrogen (secondary N) is 1. The second-order valence-corrected chi connectivity index (χ2v) is 7.11. The Hall–Kier alpha value is -2.12. The zero-order valence-corrected chi connectivity index (χ0v) is 16.1. The maximum absolute atomic E-state index is 12.6. The van der Waals surface area contributed by atoms with Crippen LogP contribution in [0.2, 0.25) is 0 Å². The van der Waals surface area contributed by atoms with Gasteiger partial charge in [-0.15, -0.1) is 0 Å². The standard InChI is InChI=1S/C20H29N3O4/c1-15(19(24)21-17-5-3-4-6-18(17)26-2)22-9-7-16(8-10-22)20(25)23-11-13-27-14-12-23/h3-6,15-16H,7-14H2,1-2H3,(H,21,24). The van der Waals surface area contributed by atoms with E-state index in [0.29, 0.717) is 37.7 Å². The monoisotopic (exact) mass is 375 g/mol. The smallest absolute Gasteiger partial charge is 0.241 e. The molecule has 2 amide bonds. The number of carbonyl (C=O) groups is 2. The zero-order valence-electron chi connectivity index (χ0n) is 16.1. The van der Waals surface area contributed by atoms with E-state index in [1.54, 1.807) is 7.11 Å². The number of rotatable bonds is 5. The van der Waals surface area contributed by atoms with Gasteiger partial charge in [-0.2, -0.15) is 0 Å². The van der Waals surface area contributed by atoms with Gasteiger partial charge in [-0.25, -0.2) is 0 Å². The summed E-state index contributed by atoms with van der Waals surface area (Å²) in [7, 11) is 1.59. The Kier molecular flexibility index (Phi) is 6.68. The topological polar surface area (TPSA) is 71.1 Å².